The van der Waals surface area contributed by atoms with Gasteiger partial charge >= 0.3 is 0 Å². The molecule has 30 heteroatoms. The molecule has 5 saturated heterocycles. The number of hydrogen-bond donors (Lipinski definition) is 0. The number of piperazine rings is 5. The van der Waals surface area contributed by atoms with E-state index in [9.17, 15) is 45.9 Å². The van der Waals surface area contributed by atoms with Gasteiger partial charge in [0.15, 0.2) is 29.1 Å². The number of carbonyl (C=O) groups excluding carboxylic acids is 5. The van der Waals surface area contributed by atoms with Crippen LogP contribution in [0.15, 0.2) is 152 Å². The van der Waals surface area contributed by atoms with Crippen LogP contribution in [0, 0.1) is 63.7 Å². The highest BCUT2D eigenvalue weighted by Gasteiger charge is 2.37. The van der Waals surface area contributed by atoms with Crippen LogP contribution < -0.4 is 24.5 Å². The van der Waals surface area contributed by atoms with Gasteiger partial charge < -0.3 is 49.0 Å². The van der Waals surface area contributed by atoms with Crippen LogP contribution in [0.4, 0.5) is 51.0 Å². The average molecular weight is 1810 g/mol. The van der Waals surface area contributed by atoms with Crippen molar-refractivity contribution in [3.63, 3.8) is 0 Å². The Morgan fingerprint density at radius 3 is 0.624 bits per heavy atom. The van der Waals surface area contributed by atoms with E-state index >= 15 is 0 Å². The molecule has 5 aliphatic carbocycles. The minimum absolute atomic E-state index is 0.0516. The lowest BCUT2D eigenvalue weighted by molar-refractivity contribution is -0.133. The Morgan fingerprint density at radius 1 is 0.248 bits per heavy atom. The van der Waals surface area contributed by atoms with Gasteiger partial charge in [-0.2, -0.15) is 25.5 Å². The van der Waals surface area contributed by atoms with Crippen molar-refractivity contribution < 1.29 is 45.9 Å². The minimum atomic E-state index is -0.168. The third-order valence-electron chi connectivity index (χ3n) is 26.8. The van der Waals surface area contributed by atoms with Crippen molar-refractivity contribution in [2.45, 2.75) is 199 Å². The fraction of sp³-hybridized carbons (Fsp3) is 0.466. The van der Waals surface area contributed by atoms with Crippen LogP contribution in [0.3, 0.4) is 0 Å². The highest BCUT2D eigenvalue weighted by Crippen LogP contribution is 2.45. The van der Waals surface area contributed by atoms with Crippen molar-refractivity contribution >= 4 is 58.6 Å². The number of halogens is 5. The normalized spacial score (nSPS) is 19.0. The number of benzene rings is 5. The Kier molecular flexibility index (Phi) is 30.0. The van der Waals surface area contributed by atoms with E-state index < -0.39 is 0 Å². The molecule has 10 fully saturated rings. The Bertz CT molecular complexity index is 5240. The summed E-state index contributed by atoms with van der Waals surface area (Å²) >= 11 is 0. The van der Waals surface area contributed by atoms with Gasteiger partial charge in [0.2, 0.25) is 29.5 Å². The summed E-state index contributed by atoms with van der Waals surface area (Å²) in [5, 5.41) is 41.7. The summed E-state index contributed by atoms with van der Waals surface area (Å²) in [5.41, 5.74) is 12.2. The first-order valence-electron chi connectivity index (χ1n) is 47.3. The predicted octanol–water partition coefficient (Wildman–Crippen LogP) is 14.6. The van der Waals surface area contributed by atoms with Crippen molar-refractivity contribution in [1.82, 2.24) is 75.5 Å². The third kappa shape index (κ3) is 25.1. The van der Waals surface area contributed by atoms with Crippen LogP contribution in [0.1, 0.15) is 199 Å². The predicted molar refractivity (Wildman–Crippen MR) is 502 cm³/mol. The number of rotatable bonds is 20. The molecule has 20 rings (SSSR count). The van der Waals surface area contributed by atoms with Crippen LogP contribution in [0.2, 0.25) is 0 Å². The minimum Gasteiger partial charge on any atom is -0.352 e. The molecular weight excluding hydrogens is 1690 g/mol. The van der Waals surface area contributed by atoms with Gasteiger partial charge in [-0.1, -0.05) is 60.7 Å². The van der Waals surface area contributed by atoms with Gasteiger partial charge in [0.1, 0.15) is 29.1 Å². The molecule has 0 N–H and O–H groups in total. The number of aryl methyl sites for hydroxylation is 5. The largest absolute Gasteiger partial charge is 0.352 e. The Hall–Kier alpha value is -12.5. The molecule has 5 aliphatic heterocycles. The zero-order chi connectivity index (χ0) is 93.1. The topological polar surface area (TPSA) is 247 Å². The number of amides is 5. The Labute approximate surface area is 776 Å². The van der Waals surface area contributed by atoms with Crippen LogP contribution in [-0.4, -0.2) is 234 Å². The fourth-order valence-electron chi connectivity index (χ4n) is 18.2. The van der Waals surface area contributed by atoms with Crippen LogP contribution in [0.5, 0.6) is 0 Å². The Morgan fingerprint density at radius 2 is 0.444 bits per heavy atom. The number of anilines is 5. The summed E-state index contributed by atoms with van der Waals surface area (Å²) in [6, 6.07) is 46.2. The maximum Gasteiger partial charge on any atom is 0.227 e. The van der Waals surface area contributed by atoms with Gasteiger partial charge in [-0.15, -0.1) is 25.5 Å². The van der Waals surface area contributed by atoms with Crippen LogP contribution >= 0.6 is 0 Å². The maximum atomic E-state index is 14.2. The number of carbonyl (C=O) groups is 5. The quantitative estimate of drug-likeness (QED) is 0.0643. The molecule has 133 heavy (non-hydrogen) atoms. The molecule has 10 heterocycles. The summed E-state index contributed by atoms with van der Waals surface area (Å²) in [6.07, 6.45) is 12.0. The van der Waals surface area contributed by atoms with Crippen molar-refractivity contribution in [2.24, 2.45) is 0 Å². The SMILES string of the molecule is Cc1ccc(N2CCN(C(=O)Cc3ccc(C4CC4)c(F)c3)CC2)nn1.Cc1ccc(N2CCN(C(=O)Cc3ccc(C4CC4)c(F)c3)CC2)nn1.Cc1ccc(N2CCN(C(=O)Cc3ccc(C4CC4)c(F)c3)[C@@H](C)C2)nn1.Cc1ccc(N2CCN(C(=O)Cc3ccc(C4CC4)c(F)c3)[C@@H](C)C2)nn1.Cc1ccc(N2CCN(C(=O)Cc3ccc(C4CC4)c(F)c3)[C@H](C)C2)nn1. The molecule has 10 aliphatic rings. The highest BCUT2D eigenvalue weighted by atomic mass is 19.1. The lowest BCUT2D eigenvalue weighted by atomic mass is 10.0. The van der Waals surface area contributed by atoms with Crippen molar-refractivity contribution in [3.8, 4) is 0 Å². The van der Waals surface area contributed by atoms with Gasteiger partial charge in [-0.25, -0.2) is 22.0 Å². The van der Waals surface area contributed by atoms with E-state index in [0.717, 1.165) is 243 Å². The summed E-state index contributed by atoms with van der Waals surface area (Å²) in [4.78, 5) is 83.5. The molecule has 0 unspecified atom stereocenters. The molecule has 5 aromatic heterocycles. The average Bonchev–Trinajstić information content (AvgIpc) is 1.83. The van der Waals surface area contributed by atoms with Crippen molar-refractivity contribution in [3.05, 3.63) is 265 Å². The first kappa shape index (κ1) is 93.7. The van der Waals surface area contributed by atoms with Gasteiger partial charge in [0.05, 0.1) is 60.6 Å². The summed E-state index contributed by atoms with van der Waals surface area (Å²) in [7, 11) is 0. The molecule has 0 spiro atoms. The van der Waals surface area contributed by atoms with E-state index in [1.807, 2.05) is 201 Å². The number of aromatic nitrogens is 10. The highest BCUT2D eigenvalue weighted by molar-refractivity contribution is 5.82. The maximum absolute atomic E-state index is 14.2. The standard InChI is InChI=1S/3C21H25FN4O.2C20H23FN4O/c3*1-14-3-8-20(24-23-14)25-9-10-26(15(2)13-25)21(27)12-16-4-7-18(17-5-6-17)19(22)11-16;2*1-14-2-7-19(23-22-14)24-8-10-25(11-9-24)20(26)13-15-3-6-17(16-4-5-16)18(21)12-15/h3*3-4,7-8,11,15,17H,5-6,9-10,12-13H2,1-2H3;2*2-3,6-7,12,16H,4-5,8-11,13H2,1H3/t3*15-;;/m100../s1. The molecule has 5 aromatic carbocycles. The molecule has 0 radical (unpaired) electrons. The van der Waals surface area contributed by atoms with E-state index in [-0.39, 0.29) is 109 Å². The second-order valence-electron chi connectivity index (χ2n) is 37.6. The molecule has 5 amide bonds. The molecule has 25 nitrogen and oxygen atoms in total. The zero-order valence-electron chi connectivity index (χ0n) is 77.6. The van der Waals surface area contributed by atoms with E-state index in [1.165, 1.54) is 30.3 Å². The fourth-order valence-corrected chi connectivity index (χ4v) is 18.2. The van der Waals surface area contributed by atoms with Crippen LogP contribution in [0.25, 0.3) is 0 Å². The summed E-state index contributed by atoms with van der Waals surface area (Å²) in [6.45, 7) is 27.5. The van der Waals surface area contributed by atoms with E-state index in [0.29, 0.717) is 75.4 Å². The molecule has 5 saturated carbocycles. The molecule has 0 bridgehead atoms. The van der Waals surface area contributed by atoms with E-state index in [2.05, 4.69) is 75.5 Å². The molecule has 698 valence electrons. The second-order valence-corrected chi connectivity index (χ2v) is 37.6. The molecule has 3 atom stereocenters. The summed E-state index contributed by atoms with van der Waals surface area (Å²) < 4.78 is 71.0. The number of hydrogen-bond acceptors (Lipinski definition) is 20. The molecule has 10 aromatic rings. The first-order chi connectivity index (χ1) is 64.2. The Balaban J connectivity index is 0.000000121. The van der Waals surface area contributed by atoms with Crippen molar-refractivity contribution in [1.29, 1.82) is 0 Å². The van der Waals surface area contributed by atoms with Gasteiger partial charge in [0, 0.05) is 129 Å². The van der Waals surface area contributed by atoms with E-state index in [1.54, 1.807) is 0 Å². The summed E-state index contributed by atoms with van der Waals surface area (Å²) in [5.74, 6) is 5.58. The number of nitrogens with zero attached hydrogens (tertiary/aromatic N) is 20. The van der Waals surface area contributed by atoms with Crippen molar-refractivity contribution in [2.75, 3.05) is 136 Å². The first-order valence-corrected chi connectivity index (χ1v) is 47.3. The monoisotopic (exact) mass is 1810 g/mol. The van der Waals surface area contributed by atoms with Gasteiger partial charge in [0.25, 0.3) is 0 Å². The van der Waals surface area contributed by atoms with E-state index in [4.69, 9.17) is 0 Å². The second kappa shape index (κ2) is 42.6. The lowest BCUT2D eigenvalue weighted by Crippen LogP contribution is -2.54. The smallest absolute Gasteiger partial charge is 0.227 e. The molecular formula is C103H121F5N20O5. The van der Waals surface area contributed by atoms with Gasteiger partial charge in [-0.3, -0.25) is 24.0 Å². The third-order valence-corrected chi connectivity index (χ3v) is 26.8. The zero-order valence-corrected chi connectivity index (χ0v) is 77.6. The van der Waals surface area contributed by atoms with Gasteiger partial charge in [-0.05, 0) is 296 Å². The van der Waals surface area contributed by atoms with Crippen LogP contribution in [-0.2, 0) is 56.1 Å². The lowest BCUT2D eigenvalue weighted by Gasteiger charge is -2.40.